The Kier molecular flexibility index (Phi) is 7.49. The molecule has 0 heterocycles. The molecule has 0 aliphatic heterocycles. The minimum absolute atomic E-state index is 0.195. The highest BCUT2D eigenvalue weighted by molar-refractivity contribution is 7.99. The number of carbonyl (C=O) groups excluding carboxylic acids is 1. The van der Waals surface area contributed by atoms with E-state index in [1.54, 1.807) is 11.8 Å². The van der Waals surface area contributed by atoms with Crippen molar-refractivity contribution in [2.45, 2.75) is 17.4 Å². The SMILES string of the molecule is O=C(NCCSc1ccccc1)NCCC(O)c1ccccc1. The molecule has 0 aliphatic carbocycles. The van der Waals surface area contributed by atoms with E-state index in [4.69, 9.17) is 0 Å². The van der Waals surface area contributed by atoms with Gasteiger partial charge in [0.2, 0.25) is 0 Å². The van der Waals surface area contributed by atoms with Gasteiger partial charge in [0.1, 0.15) is 0 Å². The topological polar surface area (TPSA) is 61.4 Å². The summed E-state index contributed by atoms with van der Waals surface area (Å²) < 4.78 is 0. The van der Waals surface area contributed by atoms with Crippen molar-refractivity contribution in [2.75, 3.05) is 18.8 Å². The monoisotopic (exact) mass is 330 g/mol. The molecule has 2 rings (SSSR count). The molecule has 0 fully saturated rings. The van der Waals surface area contributed by atoms with Crippen LogP contribution in [0.3, 0.4) is 0 Å². The second-order valence-corrected chi connectivity index (χ2v) is 6.23. The van der Waals surface area contributed by atoms with E-state index < -0.39 is 6.10 Å². The summed E-state index contributed by atoms with van der Waals surface area (Å²) in [6.07, 6.45) is -0.0546. The molecule has 2 aromatic rings. The number of urea groups is 1. The van der Waals surface area contributed by atoms with Crippen molar-refractivity contribution >= 4 is 17.8 Å². The van der Waals surface area contributed by atoms with Crippen LogP contribution in [0.15, 0.2) is 65.6 Å². The lowest BCUT2D eigenvalue weighted by atomic mass is 10.1. The number of benzene rings is 2. The lowest BCUT2D eigenvalue weighted by Gasteiger charge is -2.12. The summed E-state index contributed by atoms with van der Waals surface area (Å²) in [6.45, 7) is 1.04. The molecule has 0 aliphatic rings. The highest BCUT2D eigenvalue weighted by Gasteiger charge is 2.07. The summed E-state index contributed by atoms with van der Waals surface area (Å²) in [5.74, 6) is 0.823. The van der Waals surface area contributed by atoms with Crippen LogP contribution < -0.4 is 10.6 Å². The fraction of sp³-hybridized carbons (Fsp3) is 0.278. The summed E-state index contributed by atoms with van der Waals surface area (Å²) in [7, 11) is 0. The molecule has 1 unspecified atom stereocenters. The van der Waals surface area contributed by atoms with Crippen LogP contribution in [0.25, 0.3) is 0 Å². The Labute approximate surface area is 141 Å². The van der Waals surface area contributed by atoms with Crippen molar-refractivity contribution < 1.29 is 9.90 Å². The standard InChI is InChI=1S/C18H22N2O2S/c21-17(15-7-3-1-4-8-15)11-12-19-18(22)20-13-14-23-16-9-5-2-6-10-16/h1-10,17,21H,11-14H2,(H2,19,20,22). The van der Waals surface area contributed by atoms with Crippen LogP contribution in [0.5, 0.6) is 0 Å². The number of rotatable bonds is 8. The van der Waals surface area contributed by atoms with Gasteiger partial charge in [0, 0.05) is 23.7 Å². The molecule has 122 valence electrons. The normalized spacial score (nSPS) is 11.7. The molecule has 1 atom stereocenters. The van der Waals surface area contributed by atoms with E-state index in [0.29, 0.717) is 19.5 Å². The zero-order chi connectivity index (χ0) is 16.3. The van der Waals surface area contributed by atoms with Crippen molar-refractivity contribution in [3.63, 3.8) is 0 Å². The largest absolute Gasteiger partial charge is 0.388 e. The average Bonchev–Trinajstić information content (AvgIpc) is 2.60. The average molecular weight is 330 g/mol. The number of hydrogen-bond donors (Lipinski definition) is 3. The number of hydrogen-bond acceptors (Lipinski definition) is 3. The highest BCUT2D eigenvalue weighted by atomic mass is 32.2. The van der Waals surface area contributed by atoms with E-state index in [9.17, 15) is 9.90 Å². The van der Waals surface area contributed by atoms with Crippen LogP contribution in [0, 0.1) is 0 Å². The maximum atomic E-state index is 11.7. The molecule has 23 heavy (non-hydrogen) atoms. The summed E-state index contributed by atoms with van der Waals surface area (Å²) in [5, 5.41) is 15.6. The van der Waals surface area contributed by atoms with E-state index in [0.717, 1.165) is 11.3 Å². The number of aliphatic hydroxyl groups excluding tert-OH is 1. The van der Waals surface area contributed by atoms with Gasteiger partial charge in [0.05, 0.1) is 6.10 Å². The molecule has 0 bridgehead atoms. The molecule has 2 aromatic carbocycles. The van der Waals surface area contributed by atoms with Crippen LogP contribution in [0.2, 0.25) is 0 Å². The van der Waals surface area contributed by atoms with Crippen LogP contribution >= 0.6 is 11.8 Å². The predicted octanol–water partition coefficient (Wildman–Crippen LogP) is 3.20. The van der Waals surface area contributed by atoms with Crippen LogP contribution in [-0.4, -0.2) is 30.0 Å². The van der Waals surface area contributed by atoms with Gasteiger partial charge in [-0.15, -0.1) is 11.8 Å². The zero-order valence-electron chi connectivity index (χ0n) is 12.9. The fourth-order valence-electron chi connectivity index (χ4n) is 2.08. The first-order chi connectivity index (χ1) is 11.3. The maximum Gasteiger partial charge on any atom is 0.314 e. The summed E-state index contributed by atoms with van der Waals surface area (Å²) >= 11 is 1.71. The fourth-order valence-corrected chi connectivity index (χ4v) is 2.87. The van der Waals surface area contributed by atoms with Crippen molar-refractivity contribution in [1.29, 1.82) is 0 Å². The van der Waals surface area contributed by atoms with Crippen molar-refractivity contribution in [3.05, 3.63) is 66.2 Å². The molecular weight excluding hydrogens is 308 g/mol. The van der Waals surface area contributed by atoms with Gasteiger partial charge in [-0.25, -0.2) is 4.79 Å². The molecule has 0 saturated carbocycles. The lowest BCUT2D eigenvalue weighted by molar-refractivity contribution is 0.167. The van der Waals surface area contributed by atoms with E-state index in [2.05, 4.69) is 22.8 Å². The molecule has 4 nitrogen and oxygen atoms in total. The summed E-state index contributed by atoms with van der Waals surface area (Å²) in [5.41, 5.74) is 0.869. The third kappa shape index (κ3) is 6.76. The summed E-state index contributed by atoms with van der Waals surface area (Å²) in [4.78, 5) is 12.9. The van der Waals surface area contributed by atoms with E-state index in [-0.39, 0.29) is 6.03 Å². The van der Waals surface area contributed by atoms with Gasteiger partial charge in [-0.3, -0.25) is 0 Å². The van der Waals surface area contributed by atoms with Crippen LogP contribution in [0.4, 0.5) is 4.79 Å². The third-order valence-electron chi connectivity index (χ3n) is 3.29. The van der Waals surface area contributed by atoms with Gasteiger partial charge in [-0.2, -0.15) is 0 Å². The quantitative estimate of drug-likeness (QED) is 0.514. The Morgan fingerprint density at radius 2 is 1.57 bits per heavy atom. The second kappa shape index (κ2) is 9.92. The smallest absolute Gasteiger partial charge is 0.314 e. The molecule has 5 heteroatoms. The number of carbonyl (C=O) groups is 1. The Bertz CT molecular complexity index is 578. The minimum atomic E-state index is -0.551. The predicted molar refractivity (Wildman–Crippen MR) is 94.6 cm³/mol. The summed E-state index contributed by atoms with van der Waals surface area (Å²) in [6, 6.07) is 19.4. The van der Waals surface area contributed by atoms with E-state index >= 15 is 0 Å². The first kappa shape index (κ1) is 17.4. The molecule has 0 saturated heterocycles. The Morgan fingerprint density at radius 1 is 0.957 bits per heavy atom. The first-order valence-corrected chi connectivity index (χ1v) is 8.67. The third-order valence-corrected chi connectivity index (χ3v) is 4.30. The molecule has 0 aromatic heterocycles. The van der Waals surface area contributed by atoms with Crippen LogP contribution in [-0.2, 0) is 0 Å². The Hall–Kier alpha value is -1.98. The van der Waals surface area contributed by atoms with E-state index in [1.807, 2.05) is 48.5 Å². The maximum absolute atomic E-state index is 11.7. The van der Waals surface area contributed by atoms with Crippen molar-refractivity contribution in [1.82, 2.24) is 10.6 Å². The van der Waals surface area contributed by atoms with Gasteiger partial charge >= 0.3 is 6.03 Å². The molecule has 2 amide bonds. The van der Waals surface area contributed by atoms with Crippen LogP contribution in [0.1, 0.15) is 18.1 Å². The molecule has 0 spiro atoms. The first-order valence-electron chi connectivity index (χ1n) is 7.68. The number of amides is 2. The highest BCUT2D eigenvalue weighted by Crippen LogP contribution is 2.16. The lowest BCUT2D eigenvalue weighted by Crippen LogP contribution is -2.37. The number of thioether (sulfide) groups is 1. The van der Waals surface area contributed by atoms with Gasteiger partial charge in [0.15, 0.2) is 0 Å². The Balaban J connectivity index is 1.55. The van der Waals surface area contributed by atoms with Crippen molar-refractivity contribution in [2.24, 2.45) is 0 Å². The molecular formula is C18H22N2O2S. The van der Waals surface area contributed by atoms with E-state index in [1.165, 1.54) is 4.90 Å². The van der Waals surface area contributed by atoms with Crippen molar-refractivity contribution in [3.8, 4) is 0 Å². The van der Waals surface area contributed by atoms with Gasteiger partial charge < -0.3 is 15.7 Å². The molecule has 0 radical (unpaired) electrons. The van der Waals surface area contributed by atoms with Gasteiger partial charge in [-0.1, -0.05) is 48.5 Å². The molecule has 3 N–H and O–H groups in total. The zero-order valence-corrected chi connectivity index (χ0v) is 13.8. The number of nitrogens with one attached hydrogen (secondary N) is 2. The Morgan fingerprint density at radius 3 is 2.26 bits per heavy atom. The van der Waals surface area contributed by atoms with Gasteiger partial charge in [-0.05, 0) is 24.1 Å². The number of aliphatic hydroxyl groups is 1. The van der Waals surface area contributed by atoms with Gasteiger partial charge in [0.25, 0.3) is 0 Å². The second-order valence-electron chi connectivity index (χ2n) is 5.06. The minimum Gasteiger partial charge on any atom is -0.388 e.